The van der Waals surface area contributed by atoms with Crippen LogP contribution in [0.5, 0.6) is 11.5 Å². The highest BCUT2D eigenvalue weighted by Crippen LogP contribution is 2.24. The summed E-state index contributed by atoms with van der Waals surface area (Å²) in [5, 5.41) is 9.58. The molecule has 0 unspecified atom stereocenters. The zero-order valence-electron chi connectivity index (χ0n) is 12.0. The molecule has 2 aromatic carbocycles. The topological polar surface area (TPSA) is 67.8 Å². The van der Waals surface area contributed by atoms with Gasteiger partial charge in [-0.3, -0.25) is 9.63 Å². The van der Waals surface area contributed by atoms with Crippen molar-refractivity contribution in [3.8, 4) is 11.5 Å². The summed E-state index contributed by atoms with van der Waals surface area (Å²) < 4.78 is 18.6. The first-order valence-electron chi connectivity index (χ1n) is 6.67. The summed E-state index contributed by atoms with van der Waals surface area (Å²) in [6.07, 6.45) is 0. The van der Waals surface area contributed by atoms with E-state index in [1.54, 1.807) is 19.1 Å². The van der Waals surface area contributed by atoms with Crippen LogP contribution in [0.2, 0.25) is 0 Å². The van der Waals surface area contributed by atoms with Crippen LogP contribution in [0.15, 0.2) is 42.5 Å². The molecule has 22 heavy (non-hydrogen) atoms. The Kier molecular flexibility index (Phi) is 5.32. The summed E-state index contributed by atoms with van der Waals surface area (Å²) in [6.45, 7) is 1.93. The summed E-state index contributed by atoms with van der Waals surface area (Å²) in [5.41, 5.74) is 2.44. The number of carbonyl (C=O) groups excluding carboxylic acids is 1. The minimum atomic E-state index is -0.858. The highest BCUT2D eigenvalue weighted by atomic mass is 19.1. The molecular formula is C16H16FNO4. The molecule has 1 amide bonds. The SMILES string of the molecule is Cc1ccc(F)c(O)c1C(=O)NOCCOc1ccccc1. The lowest BCUT2D eigenvalue weighted by Crippen LogP contribution is -2.26. The maximum absolute atomic E-state index is 13.3. The number of phenols is 1. The third-order valence-corrected chi connectivity index (χ3v) is 2.93. The minimum Gasteiger partial charge on any atom is -0.504 e. The Morgan fingerprint density at radius 2 is 1.91 bits per heavy atom. The summed E-state index contributed by atoms with van der Waals surface area (Å²) in [7, 11) is 0. The molecule has 0 fully saturated rings. The maximum Gasteiger partial charge on any atom is 0.278 e. The van der Waals surface area contributed by atoms with E-state index in [1.807, 2.05) is 18.2 Å². The van der Waals surface area contributed by atoms with Gasteiger partial charge in [-0.15, -0.1) is 0 Å². The van der Waals surface area contributed by atoms with E-state index in [9.17, 15) is 14.3 Å². The van der Waals surface area contributed by atoms with Crippen LogP contribution < -0.4 is 10.2 Å². The van der Waals surface area contributed by atoms with Crippen molar-refractivity contribution < 1.29 is 23.9 Å². The molecule has 0 aliphatic rings. The minimum absolute atomic E-state index is 0.107. The average Bonchev–Trinajstić information content (AvgIpc) is 2.52. The van der Waals surface area contributed by atoms with Crippen LogP contribution in [0.3, 0.4) is 0 Å². The Morgan fingerprint density at radius 1 is 1.18 bits per heavy atom. The largest absolute Gasteiger partial charge is 0.504 e. The van der Waals surface area contributed by atoms with Gasteiger partial charge in [-0.1, -0.05) is 24.3 Å². The summed E-state index contributed by atoms with van der Waals surface area (Å²) in [5.74, 6) is -1.57. The number of phenolic OH excluding ortho intramolecular Hbond substituents is 1. The lowest BCUT2D eigenvalue weighted by molar-refractivity contribution is 0.0197. The first kappa shape index (κ1) is 15.8. The number of benzene rings is 2. The number of halogens is 1. The number of aromatic hydroxyl groups is 1. The Morgan fingerprint density at radius 3 is 2.64 bits per heavy atom. The van der Waals surface area contributed by atoms with E-state index in [0.29, 0.717) is 11.3 Å². The van der Waals surface area contributed by atoms with E-state index in [1.165, 1.54) is 6.07 Å². The van der Waals surface area contributed by atoms with Crippen molar-refractivity contribution >= 4 is 5.91 Å². The van der Waals surface area contributed by atoms with Gasteiger partial charge in [0.05, 0.1) is 5.56 Å². The standard InChI is InChI=1S/C16H16FNO4/c1-11-7-8-13(17)15(19)14(11)16(20)18-22-10-9-21-12-5-3-2-4-6-12/h2-8,19H,9-10H2,1H3,(H,18,20). The highest BCUT2D eigenvalue weighted by molar-refractivity contribution is 5.97. The van der Waals surface area contributed by atoms with Gasteiger partial charge >= 0.3 is 0 Å². The fourth-order valence-electron chi connectivity index (χ4n) is 1.84. The fraction of sp³-hybridized carbons (Fsp3) is 0.188. The van der Waals surface area contributed by atoms with Gasteiger partial charge in [-0.05, 0) is 30.7 Å². The number of nitrogens with one attached hydrogen (secondary N) is 1. The molecular weight excluding hydrogens is 289 g/mol. The Balaban J connectivity index is 1.80. The van der Waals surface area contributed by atoms with E-state index >= 15 is 0 Å². The smallest absolute Gasteiger partial charge is 0.278 e. The van der Waals surface area contributed by atoms with E-state index in [0.717, 1.165) is 6.07 Å². The number of amides is 1. The zero-order chi connectivity index (χ0) is 15.9. The summed E-state index contributed by atoms with van der Waals surface area (Å²) >= 11 is 0. The molecule has 5 nitrogen and oxygen atoms in total. The highest BCUT2D eigenvalue weighted by Gasteiger charge is 2.17. The van der Waals surface area contributed by atoms with Crippen molar-refractivity contribution in [2.45, 2.75) is 6.92 Å². The van der Waals surface area contributed by atoms with Crippen LogP contribution in [-0.2, 0) is 4.84 Å². The summed E-state index contributed by atoms with van der Waals surface area (Å²) in [4.78, 5) is 16.8. The molecule has 6 heteroatoms. The van der Waals surface area contributed by atoms with Crippen LogP contribution in [0.1, 0.15) is 15.9 Å². The van der Waals surface area contributed by atoms with Gasteiger partial charge in [-0.2, -0.15) is 0 Å². The average molecular weight is 305 g/mol. The number of hydrogen-bond donors (Lipinski definition) is 2. The molecule has 0 bridgehead atoms. The van der Waals surface area contributed by atoms with Crippen LogP contribution in [0.4, 0.5) is 4.39 Å². The second kappa shape index (κ2) is 7.42. The van der Waals surface area contributed by atoms with E-state index < -0.39 is 17.5 Å². The molecule has 0 heterocycles. The third kappa shape index (κ3) is 3.95. The lowest BCUT2D eigenvalue weighted by atomic mass is 10.1. The number of carbonyl (C=O) groups is 1. The van der Waals surface area contributed by atoms with Crippen molar-refractivity contribution in [1.82, 2.24) is 5.48 Å². The van der Waals surface area contributed by atoms with Crippen LogP contribution in [-0.4, -0.2) is 24.2 Å². The monoisotopic (exact) mass is 305 g/mol. The van der Waals surface area contributed by atoms with Crippen molar-refractivity contribution in [3.63, 3.8) is 0 Å². The Bertz CT molecular complexity index is 646. The molecule has 0 spiro atoms. The number of rotatable bonds is 6. The third-order valence-electron chi connectivity index (χ3n) is 2.93. The quantitative estimate of drug-likeness (QED) is 0.636. The van der Waals surface area contributed by atoms with Gasteiger partial charge in [0.25, 0.3) is 5.91 Å². The maximum atomic E-state index is 13.3. The van der Waals surface area contributed by atoms with E-state index in [2.05, 4.69) is 5.48 Å². The number of ether oxygens (including phenoxy) is 1. The molecule has 0 radical (unpaired) electrons. The number of para-hydroxylation sites is 1. The zero-order valence-corrected chi connectivity index (χ0v) is 12.0. The van der Waals surface area contributed by atoms with Gasteiger partial charge in [0.2, 0.25) is 0 Å². The predicted octanol–water partition coefficient (Wildman–Crippen LogP) is 2.58. The van der Waals surface area contributed by atoms with Gasteiger partial charge in [0.1, 0.15) is 19.0 Å². The first-order chi connectivity index (χ1) is 10.6. The Labute approximate surface area is 127 Å². The van der Waals surface area contributed by atoms with E-state index in [4.69, 9.17) is 9.57 Å². The lowest BCUT2D eigenvalue weighted by Gasteiger charge is -2.10. The van der Waals surface area contributed by atoms with Gasteiger partial charge in [0.15, 0.2) is 11.6 Å². The molecule has 2 rings (SSSR count). The molecule has 116 valence electrons. The molecule has 0 aromatic heterocycles. The molecule has 0 saturated carbocycles. The second-order valence-corrected chi connectivity index (χ2v) is 4.53. The number of aryl methyl sites for hydroxylation is 1. The van der Waals surface area contributed by atoms with Crippen molar-refractivity contribution in [1.29, 1.82) is 0 Å². The van der Waals surface area contributed by atoms with Crippen molar-refractivity contribution in [2.24, 2.45) is 0 Å². The molecule has 0 aliphatic heterocycles. The van der Waals surface area contributed by atoms with E-state index in [-0.39, 0.29) is 18.8 Å². The fourth-order valence-corrected chi connectivity index (χ4v) is 1.84. The van der Waals surface area contributed by atoms with Crippen molar-refractivity contribution in [2.75, 3.05) is 13.2 Å². The second-order valence-electron chi connectivity index (χ2n) is 4.53. The van der Waals surface area contributed by atoms with Gasteiger partial charge in [0, 0.05) is 0 Å². The molecule has 0 atom stereocenters. The molecule has 2 N–H and O–H groups in total. The van der Waals surface area contributed by atoms with Crippen LogP contribution in [0, 0.1) is 12.7 Å². The van der Waals surface area contributed by atoms with Crippen LogP contribution in [0.25, 0.3) is 0 Å². The predicted molar refractivity (Wildman–Crippen MR) is 78.2 cm³/mol. The first-order valence-corrected chi connectivity index (χ1v) is 6.67. The number of hydroxylamine groups is 1. The Hall–Kier alpha value is -2.60. The van der Waals surface area contributed by atoms with Gasteiger partial charge in [-0.25, -0.2) is 9.87 Å². The molecule has 2 aromatic rings. The van der Waals surface area contributed by atoms with Crippen molar-refractivity contribution in [3.05, 3.63) is 59.4 Å². The molecule has 0 saturated heterocycles. The number of hydrogen-bond acceptors (Lipinski definition) is 4. The van der Waals surface area contributed by atoms with Gasteiger partial charge < -0.3 is 9.84 Å². The molecule has 0 aliphatic carbocycles. The summed E-state index contributed by atoms with van der Waals surface area (Å²) in [6, 6.07) is 11.6. The normalized spacial score (nSPS) is 10.3. The van der Waals surface area contributed by atoms with Crippen LogP contribution >= 0.6 is 0 Å².